The quantitative estimate of drug-likeness (QED) is 0.0519. The topological polar surface area (TPSA) is 126 Å². The highest BCUT2D eigenvalue weighted by Crippen LogP contribution is 2.47. The van der Waals surface area contributed by atoms with Crippen molar-refractivity contribution in [1.82, 2.24) is 9.13 Å². The zero-order valence-electron chi connectivity index (χ0n) is 34.0. The summed E-state index contributed by atoms with van der Waals surface area (Å²) in [7, 11) is 1.52. The second kappa shape index (κ2) is 18.9. The third kappa shape index (κ3) is 9.59. The van der Waals surface area contributed by atoms with Gasteiger partial charge in [0.15, 0.2) is 0 Å². The summed E-state index contributed by atoms with van der Waals surface area (Å²) in [4.78, 5) is 41.1. The van der Waals surface area contributed by atoms with Crippen LogP contribution in [0.4, 0.5) is 0 Å². The molecule has 1 saturated heterocycles. The van der Waals surface area contributed by atoms with Crippen LogP contribution in [0.3, 0.4) is 0 Å². The number of aryl methyl sites for hydroxylation is 1. The number of carbonyl (C=O) groups excluding carboxylic acids is 1. The number of hydrogen-bond acceptors (Lipinski definition) is 10. The van der Waals surface area contributed by atoms with E-state index in [0.717, 1.165) is 22.7 Å². The maximum atomic E-state index is 14.1. The summed E-state index contributed by atoms with van der Waals surface area (Å²) in [5.74, 6) is 0.639. The van der Waals surface area contributed by atoms with E-state index in [4.69, 9.17) is 32.5 Å². The number of hydrogen-bond donors (Lipinski definition) is 0. The average Bonchev–Trinajstić information content (AvgIpc) is 3.64. The highest BCUT2D eigenvalue weighted by Gasteiger charge is 2.44. The molecule has 0 saturated carbocycles. The van der Waals surface area contributed by atoms with E-state index in [9.17, 15) is 14.4 Å². The highest BCUT2D eigenvalue weighted by molar-refractivity contribution is 7.41. The Morgan fingerprint density at radius 1 is 0.810 bits per heavy atom. The van der Waals surface area contributed by atoms with E-state index in [1.165, 1.54) is 17.9 Å². The van der Waals surface area contributed by atoms with Crippen molar-refractivity contribution in [3.8, 4) is 11.5 Å². The van der Waals surface area contributed by atoms with Crippen LogP contribution in [0.25, 0.3) is 0 Å². The van der Waals surface area contributed by atoms with Crippen LogP contribution in [0.2, 0.25) is 25.7 Å². The van der Waals surface area contributed by atoms with Crippen LogP contribution in [-0.2, 0) is 28.6 Å². The van der Waals surface area contributed by atoms with Crippen LogP contribution in [0, 0.1) is 6.92 Å². The molecule has 12 nitrogen and oxygen atoms in total. The fraction of sp³-hybridized carbons (Fsp3) is 0.341. The second-order valence-corrected chi connectivity index (χ2v) is 22.1. The molecule has 58 heavy (non-hydrogen) atoms. The van der Waals surface area contributed by atoms with E-state index in [-0.39, 0.29) is 24.2 Å². The molecule has 0 amide bonds. The third-order valence-corrected chi connectivity index (χ3v) is 12.9. The monoisotopic (exact) mass is 826 g/mol. The normalized spacial score (nSPS) is 17.5. The van der Waals surface area contributed by atoms with E-state index < -0.39 is 57.9 Å². The zero-order valence-corrected chi connectivity index (χ0v) is 35.8. The average molecular weight is 827 g/mol. The molecule has 1 aliphatic heterocycles. The Bertz CT molecular complexity index is 2200. The first-order valence-corrected chi connectivity index (χ1v) is 23.9. The van der Waals surface area contributed by atoms with Crippen molar-refractivity contribution in [2.24, 2.45) is 0 Å². The minimum Gasteiger partial charge on any atom is -0.497 e. The Morgan fingerprint density at radius 2 is 1.36 bits per heavy atom. The molecule has 1 aliphatic rings. The van der Waals surface area contributed by atoms with Gasteiger partial charge in [0.25, 0.3) is 11.5 Å². The van der Waals surface area contributed by atoms with Crippen molar-refractivity contribution >= 4 is 22.6 Å². The number of benzene rings is 4. The maximum Gasteiger partial charge on any atom is 0.340 e. The third-order valence-electron chi connectivity index (χ3n) is 10.1. The molecule has 1 aromatic heterocycles. The first-order chi connectivity index (χ1) is 27.9. The van der Waals surface area contributed by atoms with E-state index in [2.05, 4.69) is 19.6 Å². The summed E-state index contributed by atoms with van der Waals surface area (Å²) in [5, 5.41) is 0. The van der Waals surface area contributed by atoms with Gasteiger partial charge in [-0.2, -0.15) is 4.57 Å². The number of carbonyl (C=O) groups is 1. The predicted octanol–water partition coefficient (Wildman–Crippen LogP) is 7.93. The largest absolute Gasteiger partial charge is 0.497 e. The van der Waals surface area contributed by atoms with Gasteiger partial charge in [-0.3, -0.25) is 14.2 Å². The number of aromatic nitrogens is 2. The molecule has 2 heterocycles. The lowest BCUT2D eigenvalue weighted by atomic mass is 9.80. The number of rotatable bonds is 17. The van der Waals surface area contributed by atoms with Gasteiger partial charge in [-0.15, -0.1) is 0 Å². The van der Waals surface area contributed by atoms with Gasteiger partial charge in [0.1, 0.15) is 29.4 Å². The Kier molecular flexibility index (Phi) is 14.0. The molecule has 0 N–H and O–H groups in total. The minimum atomic E-state index is -1.82. The number of ether oxygens (including phenoxy) is 4. The van der Waals surface area contributed by atoms with Gasteiger partial charge in [0, 0.05) is 38.9 Å². The van der Waals surface area contributed by atoms with Crippen LogP contribution >= 0.6 is 8.60 Å². The summed E-state index contributed by atoms with van der Waals surface area (Å²) >= 11 is 0. The summed E-state index contributed by atoms with van der Waals surface area (Å²) in [6.07, 6.45) is -0.822. The first kappa shape index (κ1) is 42.9. The molecule has 1 unspecified atom stereocenters. The number of nitrogens with zero attached hydrogens (tertiary/aromatic N) is 2. The Hall–Kier alpha value is -4.72. The van der Waals surface area contributed by atoms with Crippen LogP contribution in [0.1, 0.15) is 45.3 Å². The molecule has 6 rings (SSSR count). The summed E-state index contributed by atoms with van der Waals surface area (Å²) < 4.78 is 45.3. The molecular formula is C44H51N2O10PSi. The van der Waals surface area contributed by atoms with Crippen LogP contribution in [0.5, 0.6) is 11.5 Å². The molecule has 4 atom stereocenters. The Morgan fingerprint density at radius 3 is 1.90 bits per heavy atom. The molecule has 0 spiro atoms. The summed E-state index contributed by atoms with van der Waals surface area (Å²) in [5.41, 5.74) is 0.192. The zero-order chi connectivity index (χ0) is 41.5. The van der Waals surface area contributed by atoms with Gasteiger partial charge >= 0.3 is 14.3 Å². The molecule has 0 aliphatic carbocycles. The van der Waals surface area contributed by atoms with Crippen molar-refractivity contribution < 1.29 is 37.3 Å². The van der Waals surface area contributed by atoms with Crippen LogP contribution in [-0.4, -0.2) is 69.9 Å². The van der Waals surface area contributed by atoms with Crippen molar-refractivity contribution in [2.75, 3.05) is 34.5 Å². The van der Waals surface area contributed by atoms with Gasteiger partial charge < -0.3 is 32.5 Å². The first-order valence-electron chi connectivity index (χ1n) is 19.1. The molecular weight excluding hydrogens is 776 g/mol. The van der Waals surface area contributed by atoms with Crippen molar-refractivity contribution in [3.63, 3.8) is 0 Å². The van der Waals surface area contributed by atoms with Gasteiger partial charge in [-0.1, -0.05) is 92.4 Å². The Balaban J connectivity index is 1.41. The Labute approximate surface area is 341 Å². The lowest BCUT2D eigenvalue weighted by Crippen LogP contribution is -2.45. The smallest absolute Gasteiger partial charge is 0.340 e. The molecule has 4 aromatic carbocycles. The van der Waals surface area contributed by atoms with Crippen molar-refractivity contribution in [3.05, 3.63) is 164 Å². The summed E-state index contributed by atoms with van der Waals surface area (Å²) in [6, 6.07) is 34.4. The van der Waals surface area contributed by atoms with Gasteiger partial charge in [0.2, 0.25) is 0 Å². The fourth-order valence-corrected chi connectivity index (χ4v) is 8.69. The second-order valence-electron chi connectivity index (χ2n) is 15.2. The van der Waals surface area contributed by atoms with E-state index >= 15 is 0 Å². The lowest BCUT2D eigenvalue weighted by Gasteiger charge is -2.37. The van der Waals surface area contributed by atoms with Gasteiger partial charge in [0.05, 0.1) is 33.5 Å². The molecule has 1 fully saturated rings. The molecule has 306 valence electrons. The minimum absolute atomic E-state index is 0.0216. The highest BCUT2D eigenvalue weighted by atomic mass is 31.2. The predicted molar refractivity (Wildman–Crippen MR) is 226 cm³/mol. The van der Waals surface area contributed by atoms with Crippen molar-refractivity contribution in [2.45, 2.75) is 63.1 Å². The molecule has 0 bridgehead atoms. The molecule has 5 aromatic rings. The van der Waals surface area contributed by atoms with E-state index in [1.807, 2.05) is 78.9 Å². The van der Waals surface area contributed by atoms with Crippen LogP contribution in [0.15, 0.2) is 125 Å². The maximum absolute atomic E-state index is 14.1. The fourth-order valence-electron chi connectivity index (χ4n) is 6.87. The van der Waals surface area contributed by atoms with E-state index in [1.54, 1.807) is 51.5 Å². The number of methoxy groups -OCH3 is 2. The molecule has 0 radical (unpaired) electrons. The lowest BCUT2D eigenvalue weighted by molar-refractivity contribution is -0.0929. The van der Waals surface area contributed by atoms with Gasteiger partial charge in [-0.05, 0) is 66.1 Å². The van der Waals surface area contributed by atoms with Crippen molar-refractivity contribution in [1.29, 1.82) is 0 Å². The van der Waals surface area contributed by atoms with Crippen LogP contribution < -0.4 is 20.7 Å². The van der Waals surface area contributed by atoms with Gasteiger partial charge in [-0.25, -0.2) is 4.79 Å². The summed E-state index contributed by atoms with van der Waals surface area (Å²) in [6.45, 7) is 8.80. The SMILES string of the molecule is COc1ccc(C(OC[C@H]2O[C@@H](n3cc(C)c(=O)n(C(=O)c4ccccc4)c3=O)C[C@@H]2OP(OC)OCC[Si](C)(C)C)(c2ccccc2)c2ccc(OC)cc2)cc1. The van der Waals surface area contributed by atoms with E-state index in [0.29, 0.717) is 22.7 Å². The molecule has 14 heteroatoms. The standard InChI is InChI=1S/C44H51N2O10PSi/c1-31-29-45(43(49)46(41(31)47)42(48)32-14-10-8-11-15-32)40-28-38(56-57(52-4)54-26-27-58(5,6)7)39(55-40)30-53-44(33-16-12-9-13-17-33,34-18-22-36(50-2)23-19-34)35-20-24-37(51-3)25-21-35/h8-25,29,38-40H,26-28,30H2,1-7H3/t38-,39+,40+,57?/m0/s1.